The zero-order chi connectivity index (χ0) is 19.9. The number of hydrogen-bond donors (Lipinski definition) is 2. The number of aliphatic hydroxyl groups excluding tert-OH is 1. The molecule has 148 valence electrons. The van der Waals surface area contributed by atoms with Gasteiger partial charge in [-0.25, -0.2) is 13.1 Å². The minimum absolute atomic E-state index is 0.00571. The highest BCUT2D eigenvalue weighted by molar-refractivity contribution is 7.89. The summed E-state index contributed by atoms with van der Waals surface area (Å²) in [6.45, 7) is 1.92. The lowest BCUT2D eigenvalue weighted by molar-refractivity contribution is 0.0309. The monoisotopic (exact) mass is 395 g/mol. The number of rotatable bonds is 10. The van der Waals surface area contributed by atoms with Gasteiger partial charge in [-0.1, -0.05) is 29.8 Å². The first-order chi connectivity index (χ1) is 12.9. The number of ether oxygens (including phenoxy) is 3. The molecule has 0 aliphatic carbocycles. The van der Waals surface area contributed by atoms with E-state index >= 15 is 0 Å². The summed E-state index contributed by atoms with van der Waals surface area (Å²) in [4.78, 5) is -0.0193. The maximum atomic E-state index is 12.8. The molecule has 0 fully saturated rings. The molecule has 27 heavy (non-hydrogen) atoms. The zero-order valence-electron chi connectivity index (χ0n) is 15.6. The molecule has 2 aromatic carbocycles. The molecule has 2 rings (SSSR count). The van der Waals surface area contributed by atoms with E-state index in [9.17, 15) is 8.42 Å². The van der Waals surface area contributed by atoms with Gasteiger partial charge in [-0.05, 0) is 24.6 Å². The Morgan fingerprint density at radius 3 is 2.37 bits per heavy atom. The average Bonchev–Trinajstić information content (AvgIpc) is 2.68. The Morgan fingerprint density at radius 2 is 1.78 bits per heavy atom. The fourth-order valence-electron chi connectivity index (χ4n) is 2.51. The first-order valence-corrected chi connectivity index (χ1v) is 9.90. The van der Waals surface area contributed by atoms with Crippen LogP contribution in [0.2, 0.25) is 0 Å². The normalized spacial score (nSPS) is 12.6. The van der Waals surface area contributed by atoms with Gasteiger partial charge in [-0.2, -0.15) is 0 Å². The van der Waals surface area contributed by atoms with Crippen LogP contribution < -0.4 is 14.2 Å². The summed E-state index contributed by atoms with van der Waals surface area (Å²) in [5.74, 6) is 0.620. The van der Waals surface area contributed by atoms with Crippen LogP contribution in [-0.2, 0) is 14.8 Å². The quantitative estimate of drug-likeness (QED) is 0.639. The molecule has 0 saturated heterocycles. The first kappa shape index (κ1) is 21.2. The topological polar surface area (TPSA) is 94.1 Å². The summed E-state index contributed by atoms with van der Waals surface area (Å²) in [6, 6.07) is 12.1. The fourth-order valence-corrected chi connectivity index (χ4v) is 3.72. The number of aliphatic hydroxyl groups is 1. The summed E-state index contributed by atoms with van der Waals surface area (Å²) in [5, 5.41) is 9.04. The van der Waals surface area contributed by atoms with Crippen LogP contribution in [0.3, 0.4) is 0 Å². The largest absolute Gasteiger partial charge is 0.497 e. The van der Waals surface area contributed by atoms with Crippen molar-refractivity contribution in [2.24, 2.45) is 0 Å². The Kier molecular flexibility index (Phi) is 7.61. The van der Waals surface area contributed by atoms with E-state index in [0.717, 1.165) is 11.1 Å². The zero-order valence-corrected chi connectivity index (χ0v) is 16.5. The predicted molar refractivity (Wildman–Crippen MR) is 102 cm³/mol. The second-order valence-electron chi connectivity index (χ2n) is 5.86. The van der Waals surface area contributed by atoms with Crippen molar-refractivity contribution in [1.29, 1.82) is 0 Å². The van der Waals surface area contributed by atoms with Gasteiger partial charge in [0, 0.05) is 12.6 Å². The molecule has 0 amide bonds. The third-order valence-electron chi connectivity index (χ3n) is 3.98. The van der Waals surface area contributed by atoms with Gasteiger partial charge in [-0.3, -0.25) is 0 Å². The van der Waals surface area contributed by atoms with Crippen LogP contribution in [0, 0.1) is 6.92 Å². The maximum Gasteiger partial charge on any atom is 0.244 e. The lowest BCUT2D eigenvalue weighted by Crippen LogP contribution is -2.30. The molecule has 0 saturated carbocycles. The molecule has 0 unspecified atom stereocenters. The Balaban J connectivity index is 2.23. The molecule has 0 spiro atoms. The van der Waals surface area contributed by atoms with Crippen molar-refractivity contribution in [1.82, 2.24) is 4.72 Å². The second kappa shape index (κ2) is 9.70. The Hall–Kier alpha value is -2.13. The molecule has 2 aromatic rings. The molecule has 1 atom stereocenters. The van der Waals surface area contributed by atoms with Gasteiger partial charge >= 0.3 is 0 Å². The van der Waals surface area contributed by atoms with E-state index in [1.807, 2.05) is 31.2 Å². The van der Waals surface area contributed by atoms with Crippen molar-refractivity contribution in [3.8, 4) is 11.5 Å². The summed E-state index contributed by atoms with van der Waals surface area (Å²) in [5.41, 5.74) is 1.90. The van der Waals surface area contributed by atoms with Crippen molar-refractivity contribution < 1.29 is 27.7 Å². The van der Waals surface area contributed by atoms with Crippen molar-refractivity contribution in [2.75, 3.05) is 34.0 Å². The first-order valence-electron chi connectivity index (χ1n) is 8.42. The van der Waals surface area contributed by atoms with Crippen LogP contribution in [0.1, 0.15) is 17.2 Å². The SMILES string of the molecule is COc1ccc(OC)c(S(=O)(=O)NC[C@@H](OCCO)c2ccc(C)cc2)c1. The van der Waals surface area contributed by atoms with Crippen LogP contribution in [0.25, 0.3) is 0 Å². The third kappa shape index (κ3) is 5.67. The highest BCUT2D eigenvalue weighted by atomic mass is 32.2. The number of hydrogen-bond acceptors (Lipinski definition) is 6. The van der Waals surface area contributed by atoms with E-state index in [1.165, 1.54) is 26.4 Å². The molecule has 8 heteroatoms. The van der Waals surface area contributed by atoms with Crippen molar-refractivity contribution >= 4 is 10.0 Å². The molecule has 0 bridgehead atoms. The number of benzene rings is 2. The van der Waals surface area contributed by atoms with Gasteiger partial charge in [0.15, 0.2) is 0 Å². The summed E-state index contributed by atoms with van der Waals surface area (Å²) >= 11 is 0. The van der Waals surface area contributed by atoms with Gasteiger partial charge in [-0.15, -0.1) is 0 Å². The van der Waals surface area contributed by atoms with Gasteiger partial charge in [0.25, 0.3) is 0 Å². The van der Waals surface area contributed by atoms with Gasteiger partial charge < -0.3 is 19.3 Å². The van der Waals surface area contributed by atoms with E-state index in [0.29, 0.717) is 5.75 Å². The Bertz CT molecular complexity index is 836. The van der Waals surface area contributed by atoms with E-state index < -0.39 is 16.1 Å². The highest BCUT2D eigenvalue weighted by Gasteiger charge is 2.23. The number of aryl methyl sites for hydroxylation is 1. The van der Waals surface area contributed by atoms with E-state index in [2.05, 4.69) is 4.72 Å². The number of sulfonamides is 1. The van der Waals surface area contributed by atoms with Crippen molar-refractivity contribution in [2.45, 2.75) is 17.9 Å². The summed E-state index contributed by atoms with van der Waals surface area (Å²) in [6.07, 6.45) is -0.538. The molecule has 0 heterocycles. The summed E-state index contributed by atoms with van der Waals surface area (Å²) in [7, 11) is -1.01. The average molecular weight is 395 g/mol. The minimum Gasteiger partial charge on any atom is -0.497 e. The Labute approximate surface area is 159 Å². The predicted octanol–water partition coefficient (Wildman–Crippen LogP) is 2.04. The molecule has 7 nitrogen and oxygen atoms in total. The van der Waals surface area contributed by atoms with Crippen LogP contribution in [0.5, 0.6) is 11.5 Å². The fraction of sp³-hybridized carbons (Fsp3) is 0.368. The minimum atomic E-state index is -3.87. The lowest BCUT2D eigenvalue weighted by atomic mass is 10.1. The van der Waals surface area contributed by atoms with E-state index in [1.54, 1.807) is 6.07 Å². The van der Waals surface area contributed by atoms with Gasteiger partial charge in [0.05, 0.1) is 33.5 Å². The third-order valence-corrected chi connectivity index (χ3v) is 5.42. The van der Waals surface area contributed by atoms with Gasteiger partial charge in [0.1, 0.15) is 16.4 Å². The number of methoxy groups -OCH3 is 2. The summed E-state index contributed by atoms with van der Waals surface area (Å²) < 4.78 is 44.0. The molecule has 0 aliphatic rings. The highest BCUT2D eigenvalue weighted by Crippen LogP contribution is 2.28. The smallest absolute Gasteiger partial charge is 0.244 e. The lowest BCUT2D eigenvalue weighted by Gasteiger charge is -2.19. The number of nitrogens with one attached hydrogen (secondary N) is 1. The molecule has 0 radical (unpaired) electrons. The molecule has 2 N–H and O–H groups in total. The van der Waals surface area contributed by atoms with E-state index in [4.69, 9.17) is 19.3 Å². The molecular formula is C19H25NO6S. The van der Waals surface area contributed by atoms with E-state index in [-0.39, 0.29) is 30.4 Å². The molecule has 0 aliphatic heterocycles. The van der Waals surface area contributed by atoms with Crippen molar-refractivity contribution in [3.05, 3.63) is 53.6 Å². The maximum absolute atomic E-state index is 12.8. The molecular weight excluding hydrogens is 370 g/mol. The molecule has 0 aromatic heterocycles. The standard InChI is InChI=1S/C19H25NO6S/c1-14-4-6-15(7-5-14)18(26-11-10-21)13-20-27(22,23)19-12-16(24-2)8-9-17(19)25-3/h4-9,12,18,20-21H,10-11,13H2,1-3H3/t18-/m1/s1. The van der Waals surface area contributed by atoms with Gasteiger partial charge in [0.2, 0.25) is 10.0 Å². The Morgan fingerprint density at radius 1 is 1.07 bits per heavy atom. The van der Waals surface area contributed by atoms with Crippen LogP contribution in [0.4, 0.5) is 0 Å². The van der Waals surface area contributed by atoms with Crippen LogP contribution in [0.15, 0.2) is 47.4 Å². The van der Waals surface area contributed by atoms with Crippen LogP contribution in [-0.4, -0.2) is 47.5 Å². The second-order valence-corrected chi connectivity index (χ2v) is 7.60. The van der Waals surface area contributed by atoms with Crippen LogP contribution >= 0.6 is 0 Å². The van der Waals surface area contributed by atoms with Crippen molar-refractivity contribution in [3.63, 3.8) is 0 Å².